The molecule has 4 nitrogen and oxygen atoms in total. The van der Waals surface area contributed by atoms with E-state index in [9.17, 15) is 8.42 Å². The van der Waals surface area contributed by atoms with Crippen molar-refractivity contribution in [1.82, 2.24) is 0 Å². The first-order valence-corrected chi connectivity index (χ1v) is 8.38. The van der Waals surface area contributed by atoms with Gasteiger partial charge in [-0.25, -0.2) is 8.42 Å². The minimum absolute atomic E-state index is 0.0756. The van der Waals surface area contributed by atoms with Crippen LogP contribution >= 0.6 is 15.9 Å². The lowest BCUT2D eigenvalue weighted by atomic mass is 10.3. The van der Waals surface area contributed by atoms with E-state index in [1.165, 1.54) is 0 Å². The summed E-state index contributed by atoms with van der Waals surface area (Å²) in [5.74, 6) is 0.525. The summed E-state index contributed by atoms with van der Waals surface area (Å²) >= 11 is 3.26. The van der Waals surface area contributed by atoms with Crippen LogP contribution in [0.25, 0.3) is 0 Å². The molecule has 0 fully saturated rings. The van der Waals surface area contributed by atoms with Gasteiger partial charge in [-0.3, -0.25) is 0 Å². The largest absolute Gasteiger partial charge is 0.493 e. The van der Waals surface area contributed by atoms with Gasteiger partial charge in [0.1, 0.15) is 12.4 Å². The number of benzene rings is 2. The van der Waals surface area contributed by atoms with Crippen molar-refractivity contribution in [3.63, 3.8) is 0 Å². The number of anilines is 1. The molecule has 2 N–H and O–H groups in total. The third-order valence-electron chi connectivity index (χ3n) is 2.66. The highest BCUT2D eigenvalue weighted by Crippen LogP contribution is 2.18. The van der Waals surface area contributed by atoms with Crippen molar-refractivity contribution in [3.8, 4) is 5.75 Å². The maximum Gasteiger partial charge on any atom is 0.181 e. The molecule has 0 saturated heterocycles. The van der Waals surface area contributed by atoms with Gasteiger partial charge in [-0.15, -0.1) is 0 Å². The molecule has 6 heteroatoms. The molecular weight excluding hydrogens is 342 g/mol. The van der Waals surface area contributed by atoms with E-state index in [-0.39, 0.29) is 17.3 Å². The maximum absolute atomic E-state index is 12.1. The minimum Gasteiger partial charge on any atom is -0.493 e. The third-order valence-corrected chi connectivity index (χ3v) is 4.83. The summed E-state index contributed by atoms with van der Waals surface area (Å²) in [5.41, 5.74) is 6.20. The number of rotatable bonds is 5. The summed E-state index contributed by atoms with van der Waals surface area (Å²) in [6.07, 6.45) is 0. The topological polar surface area (TPSA) is 69.4 Å². The fourth-order valence-corrected chi connectivity index (χ4v) is 3.29. The summed E-state index contributed by atoms with van der Waals surface area (Å²) in [6.45, 7) is 0.0960. The molecule has 2 rings (SSSR count). The number of hydrogen-bond acceptors (Lipinski definition) is 4. The van der Waals surface area contributed by atoms with E-state index in [4.69, 9.17) is 10.5 Å². The van der Waals surface area contributed by atoms with Crippen molar-refractivity contribution < 1.29 is 13.2 Å². The zero-order valence-corrected chi connectivity index (χ0v) is 13.0. The van der Waals surface area contributed by atoms with Crippen LogP contribution in [0.5, 0.6) is 5.75 Å². The normalized spacial score (nSPS) is 11.2. The van der Waals surface area contributed by atoms with Crippen LogP contribution in [0.3, 0.4) is 0 Å². The molecule has 2 aromatic rings. The van der Waals surface area contributed by atoms with Gasteiger partial charge in [0.25, 0.3) is 0 Å². The van der Waals surface area contributed by atoms with Gasteiger partial charge in [0.15, 0.2) is 9.84 Å². The maximum atomic E-state index is 12.1. The highest BCUT2D eigenvalue weighted by atomic mass is 79.9. The Morgan fingerprint density at radius 2 is 1.80 bits per heavy atom. The predicted molar refractivity (Wildman–Crippen MR) is 82.5 cm³/mol. The standard InChI is InChI=1S/C14H14BrNO3S/c15-11-2-1-3-14(10-11)20(17,18)9-8-19-13-6-4-12(16)5-7-13/h1-7,10H,8-9,16H2. The second-order valence-electron chi connectivity index (χ2n) is 4.19. The van der Waals surface area contributed by atoms with Crippen LogP contribution < -0.4 is 10.5 Å². The number of nitrogens with two attached hydrogens (primary N) is 1. The smallest absolute Gasteiger partial charge is 0.181 e. The molecule has 0 bridgehead atoms. The monoisotopic (exact) mass is 355 g/mol. The summed E-state index contributed by atoms with van der Waals surface area (Å²) < 4.78 is 30.4. The van der Waals surface area contributed by atoms with E-state index in [1.54, 1.807) is 48.5 Å². The van der Waals surface area contributed by atoms with E-state index in [1.807, 2.05) is 0 Å². The van der Waals surface area contributed by atoms with Crippen LogP contribution in [0.15, 0.2) is 57.9 Å². The molecule has 20 heavy (non-hydrogen) atoms. The van der Waals surface area contributed by atoms with E-state index >= 15 is 0 Å². The fourth-order valence-electron chi connectivity index (χ4n) is 1.61. The molecule has 2 aromatic carbocycles. The first-order chi connectivity index (χ1) is 9.47. The molecule has 0 aliphatic carbocycles. The number of sulfone groups is 1. The summed E-state index contributed by atoms with van der Waals surface area (Å²) in [7, 11) is -3.34. The lowest BCUT2D eigenvalue weighted by molar-refractivity contribution is 0.341. The van der Waals surface area contributed by atoms with Crippen LogP contribution in [0.1, 0.15) is 0 Å². The van der Waals surface area contributed by atoms with Crippen molar-refractivity contribution in [3.05, 3.63) is 53.0 Å². The fraction of sp³-hybridized carbons (Fsp3) is 0.143. The first-order valence-electron chi connectivity index (χ1n) is 5.94. The van der Waals surface area contributed by atoms with Crippen molar-refractivity contribution >= 4 is 31.5 Å². The van der Waals surface area contributed by atoms with E-state index in [0.717, 1.165) is 4.47 Å². The van der Waals surface area contributed by atoms with Crippen molar-refractivity contribution in [1.29, 1.82) is 0 Å². The summed E-state index contributed by atoms with van der Waals surface area (Å²) in [4.78, 5) is 0.285. The van der Waals surface area contributed by atoms with Gasteiger partial charge in [-0.05, 0) is 42.5 Å². The highest BCUT2D eigenvalue weighted by molar-refractivity contribution is 9.10. The molecule has 0 aliphatic heterocycles. The van der Waals surface area contributed by atoms with Gasteiger partial charge >= 0.3 is 0 Å². The second kappa shape index (κ2) is 6.28. The van der Waals surface area contributed by atoms with Crippen LogP contribution in [-0.4, -0.2) is 20.8 Å². The molecule has 0 unspecified atom stereocenters. The van der Waals surface area contributed by atoms with E-state index in [0.29, 0.717) is 11.4 Å². The Hall–Kier alpha value is -1.53. The van der Waals surface area contributed by atoms with Crippen LogP contribution in [0.2, 0.25) is 0 Å². The second-order valence-corrected chi connectivity index (χ2v) is 7.22. The number of ether oxygens (including phenoxy) is 1. The Balaban J connectivity index is 1.98. The highest BCUT2D eigenvalue weighted by Gasteiger charge is 2.14. The molecule has 0 spiro atoms. The molecular formula is C14H14BrNO3S. The quantitative estimate of drug-likeness (QED) is 0.837. The molecule has 106 valence electrons. The van der Waals surface area contributed by atoms with Gasteiger partial charge in [0, 0.05) is 10.2 Å². The molecule has 0 aliphatic rings. The Labute approximate surface area is 126 Å². The Morgan fingerprint density at radius 1 is 1.10 bits per heavy atom. The van der Waals surface area contributed by atoms with Gasteiger partial charge in [0.2, 0.25) is 0 Å². The third kappa shape index (κ3) is 3.98. The molecule has 0 amide bonds. The van der Waals surface area contributed by atoms with Crippen LogP contribution in [0, 0.1) is 0 Å². The molecule has 0 radical (unpaired) electrons. The average Bonchev–Trinajstić information content (AvgIpc) is 2.41. The van der Waals surface area contributed by atoms with Gasteiger partial charge in [-0.1, -0.05) is 22.0 Å². The molecule has 0 atom stereocenters. The number of nitrogen functional groups attached to an aromatic ring is 1. The minimum atomic E-state index is -3.34. The Morgan fingerprint density at radius 3 is 2.45 bits per heavy atom. The van der Waals surface area contributed by atoms with Gasteiger partial charge in [-0.2, -0.15) is 0 Å². The zero-order chi connectivity index (χ0) is 14.6. The zero-order valence-electron chi connectivity index (χ0n) is 10.6. The Bertz CT molecular complexity index is 684. The van der Waals surface area contributed by atoms with Crippen molar-refractivity contribution in [2.75, 3.05) is 18.1 Å². The average molecular weight is 356 g/mol. The first kappa shape index (κ1) is 14.9. The van der Waals surface area contributed by atoms with E-state index < -0.39 is 9.84 Å². The SMILES string of the molecule is Nc1ccc(OCCS(=O)(=O)c2cccc(Br)c2)cc1. The number of halogens is 1. The molecule has 0 saturated carbocycles. The van der Waals surface area contributed by atoms with Gasteiger partial charge < -0.3 is 10.5 Å². The van der Waals surface area contributed by atoms with Crippen molar-refractivity contribution in [2.24, 2.45) is 0 Å². The molecule has 0 aromatic heterocycles. The van der Waals surface area contributed by atoms with Crippen molar-refractivity contribution in [2.45, 2.75) is 4.90 Å². The summed E-state index contributed by atoms with van der Waals surface area (Å²) in [6, 6.07) is 13.5. The van der Waals surface area contributed by atoms with Crippen LogP contribution in [0.4, 0.5) is 5.69 Å². The lowest BCUT2D eigenvalue weighted by Crippen LogP contribution is -2.14. The Kier molecular flexibility index (Phi) is 4.67. The van der Waals surface area contributed by atoms with E-state index in [2.05, 4.69) is 15.9 Å². The lowest BCUT2D eigenvalue weighted by Gasteiger charge is -2.08. The molecule has 0 heterocycles. The number of hydrogen-bond donors (Lipinski definition) is 1. The predicted octanol–water partition coefficient (Wildman–Crippen LogP) is 2.88. The summed E-state index contributed by atoms with van der Waals surface area (Å²) in [5, 5.41) is 0. The van der Waals surface area contributed by atoms with Crippen LogP contribution in [-0.2, 0) is 9.84 Å². The van der Waals surface area contributed by atoms with Gasteiger partial charge in [0.05, 0.1) is 10.6 Å².